The lowest BCUT2D eigenvalue weighted by molar-refractivity contribution is -0.255. The Hall–Kier alpha value is -1.89. The van der Waals surface area contributed by atoms with E-state index >= 15 is 0 Å². The molecule has 0 spiro atoms. The van der Waals surface area contributed by atoms with Crippen LogP contribution in [0.3, 0.4) is 0 Å². The van der Waals surface area contributed by atoms with Crippen LogP contribution < -0.4 is 9.83 Å². The molecular formula is C14H11ClNO4S-. The fourth-order valence-corrected chi connectivity index (χ4v) is 2.78. The molecule has 0 saturated heterocycles. The molecule has 7 heteroatoms. The van der Waals surface area contributed by atoms with Crippen molar-refractivity contribution in [3.8, 4) is 0 Å². The molecule has 0 saturated carbocycles. The SMILES string of the molecule is O=C([O-])c1ccc(CNS(=O)(=O)c2ccc(Cl)cc2)cc1. The van der Waals surface area contributed by atoms with Crippen LogP contribution in [-0.2, 0) is 16.6 Å². The number of hydrogen-bond acceptors (Lipinski definition) is 4. The highest BCUT2D eigenvalue weighted by Gasteiger charge is 2.13. The van der Waals surface area contributed by atoms with Crippen LogP contribution >= 0.6 is 11.6 Å². The van der Waals surface area contributed by atoms with Crippen molar-refractivity contribution < 1.29 is 18.3 Å². The van der Waals surface area contributed by atoms with Crippen molar-refractivity contribution in [2.75, 3.05) is 0 Å². The molecule has 1 N–H and O–H groups in total. The van der Waals surface area contributed by atoms with E-state index in [9.17, 15) is 18.3 Å². The second-order valence-electron chi connectivity index (χ2n) is 4.26. The quantitative estimate of drug-likeness (QED) is 0.894. The van der Waals surface area contributed by atoms with Crippen LogP contribution in [0.25, 0.3) is 0 Å². The summed E-state index contributed by atoms with van der Waals surface area (Å²) >= 11 is 5.71. The van der Waals surface area contributed by atoms with Crippen LogP contribution in [0.2, 0.25) is 5.02 Å². The number of carboxylic acid groups (broad SMARTS) is 1. The second-order valence-corrected chi connectivity index (χ2v) is 6.47. The van der Waals surface area contributed by atoms with Crippen LogP contribution in [0.4, 0.5) is 0 Å². The number of carbonyl (C=O) groups excluding carboxylic acids is 1. The maximum absolute atomic E-state index is 12.0. The molecule has 0 fully saturated rings. The van der Waals surface area contributed by atoms with Gasteiger partial charge >= 0.3 is 0 Å². The molecule has 0 bridgehead atoms. The minimum absolute atomic E-state index is 0.0410. The molecule has 0 aliphatic carbocycles. The number of hydrogen-bond donors (Lipinski definition) is 1. The van der Waals surface area contributed by atoms with Crippen LogP contribution in [0, 0.1) is 0 Å². The van der Waals surface area contributed by atoms with Gasteiger partial charge in [0.2, 0.25) is 10.0 Å². The largest absolute Gasteiger partial charge is 0.545 e. The van der Waals surface area contributed by atoms with E-state index in [2.05, 4.69) is 4.72 Å². The topological polar surface area (TPSA) is 86.3 Å². The molecule has 0 unspecified atom stereocenters. The Bertz CT molecular complexity index is 740. The minimum Gasteiger partial charge on any atom is -0.545 e. The third-order valence-corrected chi connectivity index (χ3v) is 4.45. The Morgan fingerprint density at radius 1 is 1.05 bits per heavy atom. The molecule has 2 aromatic rings. The molecule has 5 nitrogen and oxygen atoms in total. The van der Waals surface area contributed by atoms with Gasteiger partial charge in [-0.1, -0.05) is 35.9 Å². The number of rotatable bonds is 5. The van der Waals surface area contributed by atoms with Gasteiger partial charge < -0.3 is 9.90 Å². The smallest absolute Gasteiger partial charge is 0.240 e. The van der Waals surface area contributed by atoms with Crippen molar-refractivity contribution >= 4 is 27.6 Å². The van der Waals surface area contributed by atoms with Crippen molar-refractivity contribution in [3.63, 3.8) is 0 Å². The Kier molecular flexibility index (Phi) is 4.62. The Morgan fingerprint density at radius 2 is 1.62 bits per heavy atom. The summed E-state index contributed by atoms with van der Waals surface area (Å²) in [6, 6.07) is 11.6. The van der Waals surface area contributed by atoms with Gasteiger partial charge in [-0.05, 0) is 35.4 Å². The predicted octanol–water partition coefficient (Wildman–Crippen LogP) is 1.18. The molecule has 0 radical (unpaired) electrons. The van der Waals surface area contributed by atoms with Gasteiger partial charge in [0, 0.05) is 11.6 Å². The number of benzene rings is 2. The zero-order valence-corrected chi connectivity index (χ0v) is 12.3. The average Bonchev–Trinajstić information content (AvgIpc) is 2.46. The molecule has 2 aromatic carbocycles. The third-order valence-electron chi connectivity index (χ3n) is 2.78. The number of carbonyl (C=O) groups is 1. The van der Waals surface area contributed by atoms with Crippen molar-refractivity contribution in [2.24, 2.45) is 0 Å². The lowest BCUT2D eigenvalue weighted by atomic mass is 10.1. The van der Waals surface area contributed by atoms with Gasteiger partial charge in [-0.25, -0.2) is 13.1 Å². The monoisotopic (exact) mass is 324 g/mol. The number of aromatic carboxylic acids is 1. The van der Waals surface area contributed by atoms with Crippen LogP contribution in [0.15, 0.2) is 53.4 Å². The third kappa shape index (κ3) is 4.04. The van der Waals surface area contributed by atoms with Gasteiger partial charge in [0.05, 0.1) is 10.9 Å². The highest BCUT2D eigenvalue weighted by Crippen LogP contribution is 2.14. The summed E-state index contributed by atoms with van der Waals surface area (Å²) in [6.07, 6.45) is 0. The summed E-state index contributed by atoms with van der Waals surface area (Å²) in [5.74, 6) is -1.27. The highest BCUT2D eigenvalue weighted by molar-refractivity contribution is 7.89. The Morgan fingerprint density at radius 3 is 2.14 bits per heavy atom. The molecule has 0 aromatic heterocycles. The Balaban J connectivity index is 2.08. The molecular weight excluding hydrogens is 314 g/mol. The van der Waals surface area contributed by atoms with Gasteiger partial charge in [-0.3, -0.25) is 0 Å². The van der Waals surface area contributed by atoms with E-state index in [1.165, 1.54) is 48.5 Å². The van der Waals surface area contributed by atoms with E-state index < -0.39 is 16.0 Å². The minimum atomic E-state index is -3.64. The number of halogens is 1. The van der Waals surface area contributed by atoms with Gasteiger partial charge in [0.1, 0.15) is 0 Å². The zero-order valence-electron chi connectivity index (χ0n) is 10.7. The van der Waals surface area contributed by atoms with Crippen LogP contribution in [-0.4, -0.2) is 14.4 Å². The second kappa shape index (κ2) is 6.26. The van der Waals surface area contributed by atoms with E-state index in [0.717, 1.165) is 0 Å². The first kappa shape index (κ1) is 15.5. The summed E-state index contributed by atoms with van der Waals surface area (Å²) in [7, 11) is -3.64. The van der Waals surface area contributed by atoms with Gasteiger partial charge in [0.15, 0.2) is 0 Å². The van der Waals surface area contributed by atoms with E-state index in [-0.39, 0.29) is 17.0 Å². The molecule has 0 heterocycles. The lowest BCUT2D eigenvalue weighted by Crippen LogP contribution is -2.24. The Labute approximate surface area is 127 Å². The van der Waals surface area contributed by atoms with Gasteiger partial charge in [0.25, 0.3) is 0 Å². The van der Waals surface area contributed by atoms with Crippen molar-refractivity contribution in [1.82, 2.24) is 4.72 Å². The summed E-state index contributed by atoms with van der Waals surface area (Å²) in [5, 5.41) is 11.1. The zero-order chi connectivity index (χ0) is 15.5. The van der Waals surface area contributed by atoms with Crippen molar-refractivity contribution in [1.29, 1.82) is 0 Å². The molecule has 0 amide bonds. The summed E-state index contributed by atoms with van der Waals surface area (Å²) < 4.78 is 26.5. The first-order valence-electron chi connectivity index (χ1n) is 5.94. The van der Waals surface area contributed by atoms with E-state index in [4.69, 9.17) is 11.6 Å². The molecule has 110 valence electrons. The summed E-state index contributed by atoms with van der Waals surface area (Å²) in [4.78, 5) is 10.7. The maximum atomic E-state index is 12.0. The number of nitrogens with one attached hydrogen (secondary N) is 1. The molecule has 21 heavy (non-hydrogen) atoms. The van der Waals surface area contributed by atoms with Crippen molar-refractivity contribution in [2.45, 2.75) is 11.4 Å². The van der Waals surface area contributed by atoms with E-state index in [1.54, 1.807) is 0 Å². The standard InChI is InChI=1S/C14H12ClNO4S/c15-12-5-7-13(8-6-12)21(19,20)16-9-10-1-3-11(4-2-10)14(17)18/h1-8,16H,9H2,(H,17,18)/p-1. The number of carboxylic acids is 1. The number of sulfonamides is 1. The maximum Gasteiger partial charge on any atom is 0.240 e. The normalized spacial score (nSPS) is 11.3. The van der Waals surface area contributed by atoms with Crippen LogP contribution in [0.1, 0.15) is 15.9 Å². The van der Waals surface area contributed by atoms with Gasteiger partial charge in [-0.15, -0.1) is 0 Å². The first-order valence-corrected chi connectivity index (χ1v) is 7.80. The fraction of sp³-hybridized carbons (Fsp3) is 0.0714. The average molecular weight is 325 g/mol. The summed E-state index contributed by atoms with van der Waals surface area (Å²) in [6.45, 7) is 0.0539. The molecule has 2 rings (SSSR count). The predicted molar refractivity (Wildman–Crippen MR) is 76.3 cm³/mol. The fourth-order valence-electron chi connectivity index (χ4n) is 1.63. The van der Waals surface area contributed by atoms with Gasteiger partial charge in [-0.2, -0.15) is 0 Å². The molecule has 0 aliphatic rings. The van der Waals surface area contributed by atoms with Crippen LogP contribution in [0.5, 0.6) is 0 Å². The molecule has 0 aliphatic heterocycles. The molecule has 0 atom stereocenters. The first-order chi connectivity index (χ1) is 9.88. The van der Waals surface area contributed by atoms with E-state index in [0.29, 0.717) is 10.6 Å². The summed E-state index contributed by atoms with van der Waals surface area (Å²) in [5.41, 5.74) is 0.678. The van der Waals surface area contributed by atoms with E-state index in [1.807, 2.05) is 0 Å². The van der Waals surface area contributed by atoms with Crippen molar-refractivity contribution in [3.05, 3.63) is 64.7 Å². The lowest BCUT2D eigenvalue weighted by Gasteiger charge is -2.08. The highest BCUT2D eigenvalue weighted by atomic mass is 35.5.